The number of rotatable bonds is 4. The van der Waals surface area contributed by atoms with Crippen LogP contribution in [-0.2, 0) is 28.6 Å². The van der Waals surface area contributed by atoms with Gasteiger partial charge in [-0.1, -0.05) is 0 Å². The summed E-state index contributed by atoms with van der Waals surface area (Å²) in [5, 5.41) is 1.77. The van der Waals surface area contributed by atoms with Crippen molar-refractivity contribution in [2.45, 2.75) is 0 Å². The number of methoxy groups -OCH3 is 2. The number of esters is 2. The summed E-state index contributed by atoms with van der Waals surface area (Å²) in [5.41, 5.74) is 0. The van der Waals surface area contributed by atoms with Gasteiger partial charge in [0.05, 0.1) is 14.2 Å². The zero-order valence-electron chi connectivity index (χ0n) is 9.22. The van der Waals surface area contributed by atoms with Crippen molar-refractivity contribution in [1.82, 2.24) is 5.32 Å². The summed E-state index contributed by atoms with van der Waals surface area (Å²) in [4.78, 5) is 42.9. The Balaban J connectivity index is 3.92. The Morgan fingerprint density at radius 1 is 1.00 bits per heavy atom. The van der Waals surface area contributed by atoms with Gasteiger partial charge in [0.1, 0.15) is 0 Å². The fourth-order valence-electron chi connectivity index (χ4n) is 0.590. The van der Waals surface area contributed by atoms with Gasteiger partial charge in [-0.05, 0) is 0 Å². The van der Waals surface area contributed by atoms with E-state index in [-0.39, 0.29) is 0 Å². The highest BCUT2D eigenvalue weighted by atomic mass is 16.5. The first kappa shape index (κ1) is 14.6. The topological polar surface area (TPSA) is 108 Å². The molecule has 0 aliphatic heterocycles. The fraction of sp³-hybridized carbons (Fsp3) is 0.333. The molecule has 8 nitrogen and oxygen atoms in total. The van der Waals surface area contributed by atoms with Gasteiger partial charge in [-0.2, -0.15) is 0 Å². The van der Waals surface area contributed by atoms with Crippen molar-refractivity contribution >= 4 is 23.9 Å². The second-order valence-electron chi connectivity index (χ2n) is 2.50. The van der Waals surface area contributed by atoms with Crippen LogP contribution in [0.2, 0.25) is 0 Å². The molecule has 0 atom stereocenters. The number of nitrogens with one attached hydrogen (secondary N) is 1. The van der Waals surface area contributed by atoms with Gasteiger partial charge in [-0.25, -0.2) is 14.4 Å². The predicted octanol–water partition coefficient (Wildman–Crippen LogP) is -0.859. The van der Waals surface area contributed by atoms with E-state index in [1.165, 1.54) is 0 Å². The maximum absolute atomic E-state index is 10.9. The quantitative estimate of drug-likeness (QED) is 0.390. The molecule has 0 radical (unpaired) electrons. The second-order valence-corrected chi connectivity index (χ2v) is 2.50. The Morgan fingerprint density at radius 2 is 1.59 bits per heavy atom. The van der Waals surface area contributed by atoms with Gasteiger partial charge in [0.2, 0.25) is 0 Å². The number of imide groups is 1. The molecule has 2 amide bonds. The van der Waals surface area contributed by atoms with Gasteiger partial charge in [-0.15, -0.1) is 0 Å². The van der Waals surface area contributed by atoms with E-state index >= 15 is 0 Å². The molecule has 0 spiro atoms. The van der Waals surface area contributed by atoms with Crippen LogP contribution in [0.15, 0.2) is 12.2 Å². The molecule has 0 saturated carbocycles. The van der Waals surface area contributed by atoms with Crippen molar-refractivity contribution in [3.05, 3.63) is 12.2 Å². The summed E-state index contributed by atoms with van der Waals surface area (Å²) in [5.74, 6) is -2.51. The molecule has 0 aromatic rings. The summed E-state index contributed by atoms with van der Waals surface area (Å²) in [7, 11) is 2.22. The average Bonchev–Trinajstić information content (AvgIpc) is 2.32. The third kappa shape index (κ3) is 7.54. The van der Waals surface area contributed by atoms with Gasteiger partial charge in [0.25, 0.3) is 5.91 Å². The molecular weight excluding hydrogens is 234 g/mol. The standard InChI is InChI=1S/C9H11NO7/c1-15-7(12)3-4-8(13)17-5-6(11)10-9(14)16-2/h3-4H,5H2,1-2H3,(H,10,11,14)/b4-3+. The molecule has 0 fully saturated rings. The van der Waals surface area contributed by atoms with E-state index in [1.54, 1.807) is 5.32 Å². The molecule has 0 aromatic heterocycles. The molecule has 94 valence electrons. The highest BCUT2D eigenvalue weighted by Gasteiger charge is 2.09. The van der Waals surface area contributed by atoms with Crippen molar-refractivity contribution < 1.29 is 33.4 Å². The second kappa shape index (κ2) is 7.85. The summed E-state index contributed by atoms with van der Waals surface area (Å²) >= 11 is 0. The number of alkyl carbamates (subject to hydrolysis) is 1. The number of carbonyl (C=O) groups excluding carboxylic acids is 4. The van der Waals surface area contributed by atoms with Crippen LogP contribution < -0.4 is 5.32 Å². The summed E-state index contributed by atoms with van der Waals surface area (Å²) < 4.78 is 12.7. The summed E-state index contributed by atoms with van der Waals surface area (Å²) in [6.07, 6.45) is 0.661. The molecular formula is C9H11NO7. The predicted molar refractivity (Wildman–Crippen MR) is 52.7 cm³/mol. The molecule has 0 unspecified atom stereocenters. The Morgan fingerprint density at radius 3 is 2.12 bits per heavy atom. The van der Waals surface area contributed by atoms with Crippen molar-refractivity contribution in [1.29, 1.82) is 0 Å². The summed E-state index contributed by atoms with van der Waals surface area (Å²) in [6.45, 7) is -0.667. The Hall–Kier alpha value is -2.38. The van der Waals surface area contributed by atoms with Crippen LogP contribution >= 0.6 is 0 Å². The lowest BCUT2D eigenvalue weighted by molar-refractivity contribution is -0.144. The number of amides is 2. The first-order chi connectivity index (χ1) is 7.99. The number of hydrogen-bond acceptors (Lipinski definition) is 7. The van der Waals surface area contributed by atoms with E-state index in [1.807, 2.05) is 0 Å². The SMILES string of the molecule is COC(=O)/C=C/C(=O)OCC(=O)NC(=O)OC. The Kier molecular flexibility index (Phi) is 6.75. The van der Waals surface area contributed by atoms with Crippen molar-refractivity contribution in [2.75, 3.05) is 20.8 Å². The molecule has 0 saturated heterocycles. The lowest BCUT2D eigenvalue weighted by Crippen LogP contribution is -2.33. The van der Waals surface area contributed by atoms with Crippen LogP contribution in [0, 0.1) is 0 Å². The molecule has 1 N–H and O–H groups in total. The van der Waals surface area contributed by atoms with Crippen LogP contribution in [0.5, 0.6) is 0 Å². The minimum Gasteiger partial charge on any atom is -0.466 e. The van der Waals surface area contributed by atoms with E-state index < -0.39 is 30.5 Å². The maximum Gasteiger partial charge on any atom is 0.413 e. The molecule has 0 aliphatic carbocycles. The van der Waals surface area contributed by atoms with Gasteiger partial charge in [-0.3, -0.25) is 10.1 Å². The molecule has 0 aromatic carbocycles. The monoisotopic (exact) mass is 245 g/mol. The maximum atomic E-state index is 10.9. The van der Waals surface area contributed by atoms with E-state index in [0.717, 1.165) is 26.4 Å². The van der Waals surface area contributed by atoms with Crippen LogP contribution in [0.25, 0.3) is 0 Å². The van der Waals surface area contributed by atoms with Gasteiger partial charge in [0.15, 0.2) is 6.61 Å². The van der Waals surface area contributed by atoms with Gasteiger partial charge >= 0.3 is 18.0 Å². The highest BCUT2D eigenvalue weighted by molar-refractivity contribution is 5.95. The lowest BCUT2D eigenvalue weighted by atomic mass is 10.5. The van der Waals surface area contributed by atoms with Crippen molar-refractivity contribution in [2.24, 2.45) is 0 Å². The molecule has 0 aliphatic rings. The smallest absolute Gasteiger partial charge is 0.413 e. The number of carbonyl (C=O) groups is 4. The van der Waals surface area contributed by atoms with Gasteiger partial charge in [0, 0.05) is 12.2 Å². The Bertz CT molecular complexity index is 347. The zero-order valence-corrected chi connectivity index (χ0v) is 9.22. The van der Waals surface area contributed by atoms with Crippen molar-refractivity contribution in [3.63, 3.8) is 0 Å². The lowest BCUT2D eigenvalue weighted by Gasteiger charge is -2.02. The van der Waals surface area contributed by atoms with Crippen LogP contribution in [0.4, 0.5) is 4.79 Å². The van der Waals surface area contributed by atoms with Gasteiger partial charge < -0.3 is 14.2 Å². The Labute approximate surface area is 96.5 Å². The average molecular weight is 245 g/mol. The largest absolute Gasteiger partial charge is 0.466 e. The normalized spacial score (nSPS) is 9.53. The van der Waals surface area contributed by atoms with E-state index in [2.05, 4.69) is 14.2 Å². The molecule has 0 heterocycles. The number of ether oxygens (including phenoxy) is 3. The first-order valence-corrected chi connectivity index (χ1v) is 4.30. The van der Waals surface area contributed by atoms with Crippen LogP contribution in [0.1, 0.15) is 0 Å². The molecule has 17 heavy (non-hydrogen) atoms. The first-order valence-electron chi connectivity index (χ1n) is 4.30. The minimum atomic E-state index is -0.962. The van der Waals surface area contributed by atoms with Crippen molar-refractivity contribution in [3.8, 4) is 0 Å². The highest BCUT2D eigenvalue weighted by Crippen LogP contribution is 1.84. The zero-order chi connectivity index (χ0) is 13.3. The minimum absolute atomic E-state index is 0.667. The molecule has 0 bridgehead atoms. The van der Waals surface area contributed by atoms with E-state index in [4.69, 9.17) is 0 Å². The third-order valence-corrected chi connectivity index (χ3v) is 1.33. The van der Waals surface area contributed by atoms with E-state index in [0.29, 0.717) is 0 Å². The van der Waals surface area contributed by atoms with E-state index in [9.17, 15) is 19.2 Å². The molecule has 8 heteroatoms. The fourth-order valence-corrected chi connectivity index (χ4v) is 0.590. The van der Waals surface area contributed by atoms with Crippen LogP contribution in [-0.4, -0.2) is 44.8 Å². The molecule has 0 rings (SSSR count). The summed E-state index contributed by atoms with van der Waals surface area (Å²) in [6, 6.07) is 0. The van der Waals surface area contributed by atoms with Crippen LogP contribution in [0.3, 0.4) is 0 Å². The number of hydrogen-bond donors (Lipinski definition) is 1. The third-order valence-electron chi connectivity index (χ3n) is 1.33.